The van der Waals surface area contributed by atoms with E-state index in [0.29, 0.717) is 45.1 Å². The zero-order valence-corrected chi connectivity index (χ0v) is 20.5. The molecule has 1 aromatic carbocycles. The smallest absolute Gasteiger partial charge is 0.272 e. The first-order chi connectivity index (χ1) is 17.0. The van der Waals surface area contributed by atoms with E-state index in [-0.39, 0.29) is 5.91 Å². The van der Waals surface area contributed by atoms with Crippen LogP contribution in [-0.2, 0) is 11.8 Å². The highest BCUT2D eigenvalue weighted by molar-refractivity contribution is 5.94. The van der Waals surface area contributed by atoms with Crippen LogP contribution in [0.3, 0.4) is 0 Å². The summed E-state index contributed by atoms with van der Waals surface area (Å²) in [4.78, 5) is 29.1. The van der Waals surface area contributed by atoms with Gasteiger partial charge in [0.1, 0.15) is 17.3 Å². The highest BCUT2D eigenvalue weighted by atomic mass is 16.5. The van der Waals surface area contributed by atoms with Crippen LogP contribution in [0.4, 0.5) is 11.8 Å². The summed E-state index contributed by atoms with van der Waals surface area (Å²) >= 11 is 0. The first kappa shape index (κ1) is 23.1. The second kappa shape index (κ2) is 9.91. The van der Waals surface area contributed by atoms with Gasteiger partial charge in [0.25, 0.3) is 5.91 Å². The number of morpholine rings is 1. The summed E-state index contributed by atoms with van der Waals surface area (Å²) in [7, 11) is 3.45. The van der Waals surface area contributed by atoms with Gasteiger partial charge >= 0.3 is 0 Å². The molecule has 0 spiro atoms. The number of benzene rings is 1. The summed E-state index contributed by atoms with van der Waals surface area (Å²) < 4.78 is 12.4. The van der Waals surface area contributed by atoms with E-state index in [1.54, 1.807) is 11.8 Å². The highest BCUT2D eigenvalue weighted by Crippen LogP contribution is 2.25. The molecule has 0 N–H and O–H groups in total. The molecule has 10 nitrogen and oxygen atoms in total. The van der Waals surface area contributed by atoms with Gasteiger partial charge in [0, 0.05) is 63.6 Å². The SMILES string of the molecule is COc1cccc(-c2cc(C(=O)N3CCN(c4cc(C)nc(N5CCOCC5)n4)CC3)n(C)n2)c1. The van der Waals surface area contributed by atoms with Crippen LogP contribution in [0.25, 0.3) is 11.3 Å². The van der Waals surface area contributed by atoms with Crippen LogP contribution in [0.1, 0.15) is 16.2 Å². The predicted molar refractivity (Wildman–Crippen MR) is 133 cm³/mol. The van der Waals surface area contributed by atoms with Gasteiger partial charge in [-0.05, 0) is 25.1 Å². The Kier molecular flexibility index (Phi) is 6.54. The van der Waals surface area contributed by atoms with Crippen molar-refractivity contribution in [3.05, 3.63) is 47.8 Å². The molecule has 0 radical (unpaired) electrons. The van der Waals surface area contributed by atoms with Crippen LogP contribution in [0, 0.1) is 6.92 Å². The summed E-state index contributed by atoms with van der Waals surface area (Å²) in [5.41, 5.74) is 3.18. The molecular weight excluding hydrogens is 446 g/mol. The molecule has 0 aliphatic carbocycles. The maximum absolute atomic E-state index is 13.3. The van der Waals surface area contributed by atoms with Crippen molar-refractivity contribution in [1.29, 1.82) is 0 Å². The Morgan fingerprint density at radius 3 is 2.49 bits per heavy atom. The molecule has 4 heterocycles. The average Bonchev–Trinajstić information content (AvgIpc) is 3.30. The normalized spacial score (nSPS) is 16.5. The second-order valence-corrected chi connectivity index (χ2v) is 8.82. The summed E-state index contributed by atoms with van der Waals surface area (Å²) in [5.74, 6) is 2.41. The van der Waals surface area contributed by atoms with Crippen LogP contribution in [0.5, 0.6) is 5.75 Å². The Morgan fingerprint density at radius 1 is 0.971 bits per heavy atom. The second-order valence-electron chi connectivity index (χ2n) is 8.82. The number of amides is 1. The maximum atomic E-state index is 13.3. The zero-order valence-electron chi connectivity index (χ0n) is 20.5. The van der Waals surface area contributed by atoms with Gasteiger partial charge in [0.15, 0.2) is 0 Å². The van der Waals surface area contributed by atoms with E-state index in [0.717, 1.165) is 47.6 Å². The molecule has 2 aliphatic heterocycles. The van der Waals surface area contributed by atoms with E-state index >= 15 is 0 Å². The van der Waals surface area contributed by atoms with Crippen molar-refractivity contribution < 1.29 is 14.3 Å². The van der Waals surface area contributed by atoms with Crippen LogP contribution < -0.4 is 14.5 Å². The number of piperazine rings is 1. The lowest BCUT2D eigenvalue weighted by molar-refractivity contribution is 0.0735. The molecule has 0 atom stereocenters. The van der Waals surface area contributed by atoms with Crippen molar-refractivity contribution in [3.63, 3.8) is 0 Å². The molecule has 1 amide bonds. The quantitative estimate of drug-likeness (QED) is 0.551. The van der Waals surface area contributed by atoms with Crippen LogP contribution in [0.2, 0.25) is 0 Å². The van der Waals surface area contributed by atoms with Gasteiger partial charge in [-0.1, -0.05) is 12.1 Å². The number of carbonyl (C=O) groups is 1. The minimum Gasteiger partial charge on any atom is -0.497 e. The van der Waals surface area contributed by atoms with Gasteiger partial charge in [-0.3, -0.25) is 9.48 Å². The Labute approximate surface area is 205 Å². The molecule has 2 aromatic heterocycles. The number of anilines is 2. The third kappa shape index (κ3) is 4.93. The van der Waals surface area contributed by atoms with Gasteiger partial charge in [0.2, 0.25) is 5.95 Å². The monoisotopic (exact) mass is 477 g/mol. The molecule has 2 fully saturated rings. The molecule has 0 bridgehead atoms. The molecule has 10 heteroatoms. The summed E-state index contributed by atoms with van der Waals surface area (Å²) in [6.45, 7) is 7.65. The van der Waals surface area contributed by atoms with E-state index in [2.05, 4.69) is 19.9 Å². The van der Waals surface area contributed by atoms with E-state index in [4.69, 9.17) is 14.5 Å². The van der Waals surface area contributed by atoms with Crippen molar-refractivity contribution in [3.8, 4) is 17.0 Å². The highest BCUT2D eigenvalue weighted by Gasteiger charge is 2.26. The molecule has 0 unspecified atom stereocenters. The Bertz CT molecular complexity index is 1200. The molecule has 0 saturated carbocycles. The standard InChI is InChI=1S/C25H31N7O3/c1-18-15-23(27-25(26-18)32-11-13-35-14-12-32)30-7-9-31(10-8-30)24(33)22-17-21(28-29(22)2)19-5-4-6-20(16-19)34-3/h4-6,15-17H,7-14H2,1-3H3. The fourth-order valence-electron chi connectivity index (χ4n) is 4.49. The Hall–Kier alpha value is -3.66. The average molecular weight is 478 g/mol. The van der Waals surface area contributed by atoms with Crippen molar-refractivity contribution in [1.82, 2.24) is 24.6 Å². The fraction of sp³-hybridized carbons (Fsp3) is 0.440. The van der Waals surface area contributed by atoms with Crippen molar-refractivity contribution in [2.24, 2.45) is 7.05 Å². The van der Waals surface area contributed by atoms with Crippen LogP contribution in [-0.4, -0.2) is 90.1 Å². The summed E-state index contributed by atoms with van der Waals surface area (Å²) in [6.07, 6.45) is 0. The largest absolute Gasteiger partial charge is 0.497 e. The van der Waals surface area contributed by atoms with Crippen LogP contribution >= 0.6 is 0 Å². The number of ether oxygens (including phenoxy) is 2. The molecule has 2 saturated heterocycles. The summed E-state index contributed by atoms with van der Waals surface area (Å²) in [6, 6.07) is 11.6. The van der Waals surface area contributed by atoms with E-state index in [1.165, 1.54) is 0 Å². The predicted octanol–water partition coefficient (Wildman–Crippen LogP) is 1.99. The number of hydrogen-bond acceptors (Lipinski definition) is 8. The first-order valence-corrected chi connectivity index (χ1v) is 11.9. The van der Waals surface area contributed by atoms with Gasteiger partial charge in [0.05, 0.1) is 26.0 Å². The number of carbonyl (C=O) groups excluding carboxylic acids is 1. The van der Waals surface area contributed by atoms with Gasteiger partial charge < -0.3 is 24.2 Å². The van der Waals surface area contributed by atoms with Crippen LogP contribution in [0.15, 0.2) is 36.4 Å². The molecule has 2 aliphatic rings. The van der Waals surface area contributed by atoms with Crippen molar-refractivity contribution >= 4 is 17.7 Å². The lowest BCUT2D eigenvalue weighted by Gasteiger charge is -2.36. The Balaban J connectivity index is 1.27. The fourth-order valence-corrected chi connectivity index (χ4v) is 4.49. The van der Waals surface area contributed by atoms with Crippen molar-refractivity contribution in [2.45, 2.75) is 6.92 Å². The van der Waals surface area contributed by atoms with E-state index in [1.807, 2.05) is 55.3 Å². The molecular formula is C25H31N7O3. The lowest BCUT2D eigenvalue weighted by Crippen LogP contribution is -2.49. The summed E-state index contributed by atoms with van der Waals surface area (Å²) in [5, 5.41) is 4.57. The lowest BCUT2D eigenvalue weighted by atomic mass is 10.1. The number of hydrogen-bond donors (Lipinski definition) is 0. The molecule has 3 aromatic rings. The van der Waals surface area contributed by atoms with Gasteiger partial charge in [-0.15, -0.1) is 0 Å². The first-order valence-electron chi connectivity index (χ1n) is 11.9. The Morgan fingerprint density at radius 2 is 1.74 bits per heavy atom. The molecule has 35 heavy (non-hydrogen) atoms. The minimum absolute atomic E-state index is 0.0123. The number of aryl methyl sites for hydroxylation is 2. The van der Waals surface area contributed by atoms with Crippen molar-refractivity contribution in [2.75, 3.05) is 69.4 Å². The zero-order chi connectivity index (χ0) is 24.4. The van der Waals surface area contributed by atoms with E-state index in [9.17, 15) is 4.79 Å². The third-order valence-electron chi connectivity index (χ3n) is 6.48. The van der Waals surface area contributed by atoms with E-state index < -0.39 is 0 Å². The molecule has 184 valence electrons. The topological polar surface area (TPSA) is 88.9 Å². The number of rotatable bonds is 5. The number of nitrogens with zero attached hydrogens (tertiary/aromatic N) is 7. The third-order valence-corrected chi connectivity index (χ3v) is 6.48. The minimum atomic E-state index is -0.0123. The van der Waals surface area contributed by atoms with Gasteiger partial charge in [-0.2, -0.15) is 10.1 Å². The number of aromatic nitrogens is 4. The molecule has 5 rings (SSSR count). The maximum Gasteiger partial charge on any atom is 0.272 e. The van der Waals surface area contributed by atoms with Gasteiger partial charge in [-0.25, -0.2) is 4.98 Å². The number of methoxy groups -OCH3 is 1.